The first-order valence-corrected chi connectivity index (χ1v) is 7.43. The third kappa shape index (κ3) is 2.28. The Bertz CT molecular complexity index is 460. The maximum absolute atomic E-state index is 11.3. The number of hydrogen-bond acceptors (Lipinski definition) is 3. The molecule has 88 valence electrons. The summed E-state index contributed by atoms with van der Waals surface area (Å²) in [5.41, 5.74) is 7.15. The fraction of sp³-hybridized carbons (Fsp3) is 0.500. The molecule has 0 bridgehead atoms. The van der Waals surface area contributed by atoms with Crippen LogP contribution >= 0.6 is 0 Å². The second kappa shape index (κ2) is 4.18. The molecule has 0 heterocycles. The van der Waals surface area contributed by atoms with E-state index in [1.54, 1.807) is 12.1 Å². The summed E-state index contributed by atoms with van der Waals surface area (Å²) in [4.78, 5) is 0.358. The molecule has 3 nitrogen and oxygen atoms in total. The van der Waals surface area contributed by atoms with E-state index in [1.807, 2.05) is 12.1 Å². The third-order valence-corrected chi connectivity index (χ3v) is 4.48. The van der Waals surface area contributed by atoms with Crippen LogP contribution in [0.4, 0.5) is 0 Å². The third-order valence-electron chi connectivity index (χ3n) is 3.35. The van der Waals surface area contributed by atoms with Crippen molar-refractivity contribution < 1.29 is 8.42 Å². The van der Waals surface area contributed by atoms with Gasteiger partial charge in [-0.25, -0.2) is 8.42 Å². The molecule has 1 unspecified atom stereocenters. The van der Waals surface area contributed by atoms with E-state index in [2.05, 4.69) is 0 Å². The molecule has 1 aromatic rings. The molecule has 0 aliphatic heterocycles. The summed E-state index contributed by atoms with van der Waals surface area (Å²) in [6.45, 7) is 0. The SMILES string of the molecule is CS(=O)(=O)c1ccc(C(N)C2CCC2)cc1. The molecule has 16 heavy (non-hydrogen) atoms. The Balaban J connectivity index is 2.18. The second-order valence-electron chi connectivity index (χ2n) is 4.56. The van der Waals surface area contributed by atoms with Gasteiger partial charge in [0.2, 0.25) is 0 Å². The van der Waals surface area contributed by atoms with E-state index in [1.165, 1.54) is 25.5 Å². The highest BCUT2D eigenvalue weighted by Crippen LogP contribution is 2.36. The van der Waals surface area contributed by atoms with E-state index in [9.17, 15) is 8.42 Å². The summed E-state index contributed by atoms with van der Waals surface area (Å²) >= 11 is 0. The van der Waals surface area contributed by atoms with E-state index in [-0.39, 0.29) is 6.04 Å². The average molecular weight is 239 g/mol. The normalized spacial score (nSPS) is 19.1. The first-order valence-electron chi connectivity index (χ1n) is 5.54. The van der Waals surface area contributed by atoms with Crippen molar-refractivity contribution in [1.82, 2.24) is 0 Å². The van der Waals surface area contributed by atoms with Gasteiger partial charge in [0.25, 0.3) is 0 Å². The highest BCUT2D eigenvalue weighted by Gasteiger charge is 2.25. The lowest BCUT2D eigenvalue weighted by Gasteiger charge is -2.31. The molecule has 1 aliphatic rings. The summed E-state index contributed by atoms with van der Waals surface area (Å²) < 4.78 is 22.6. The predicted molar refractivity (Wildman–Crippen MR) is 63.8 cm³/mol. The van der Waals surface area contributed by atoms with Crippen molar-refractivity contribution >= 4 is 9.84 Å². The molecule has 1 fully saturated rings. The fourth-order valence-electron chi connectivity index (χ4n) is 2.01. The molecule has 1 aromatic carbocycles. The maximum atomic E-state index is 11.3. The van der Waals surface area contributed by atoms with E-state index in [0.717, 1.165) is 5.56 Å². The van der Waals surface area contributed by atoms with Gasteiger partial charge in [0.15, 0.2) is 9.84 Å². The molecule has 1 aliphatic carbocycles. The summed E-state index contributed by atoms with van der Waals surface area (Å²) in [5.74, 6) is 0.573. The van der Waals surface area contributed by atoms with Crippen LogP contribution in [0.5, 0.6) is 0 Å². The average Bonchev–Trinajstić information content (AvgIpc) is 2.14. The molecule has 1 saturated carbocycles. The monoisotopic (exact) mass is 239 g/mol. The molecule has 0 aromatic heterocycles. The van der Waals surface area contributed by atoms with Gasteiger partial charge >= 0.3 is 0 Å². The lowest BCUT2D eigenvalue weighted by atomic mass is 9.78. The topological polar surface area (TPSA) is 60.2 Å². The lowest BCUT2D eigenvalue weighted by Crippen LogP contribution is -2.26. The first-order chi connectivity index (χ1) is 7.48. The van der Waals surface area contributed by atoms with Gasteiger partial charge in [-0.05, 0) is 36.5 Å². The van der Waals surface area contributed by atoms with Gasteiger partial charge in [-0.15, -0.1) is 0 Å². The number of nitrogens with two attached hydrogens (primary N) is 1. The zero-order chi connectivity index (χ0) is 11.8. The Kier molecular flexibility index (Phi) is 3.04. The summed E-state index contributed by atoms with van der Waals surface area (Å²) in [7, 11) is -3.10. The Morgan fingerprint density at radius 3 is 2.19 bits per heavy atom. The fourth-order valence-corrected chi connectivity index (χ4v) is 2.64. The second-order valence-corrected chi connectivity index (χ2v) is 6.57. The quantitative estimate of drug-likeness (QED) is 0.876. The highest BCUT2D eigenvalue weighted by atomic mass is 32.2. The summed E-state index contributed by atoms with van der Waals surface area (Å²) in [6.07, 6.45) is 4.86. The van der Waals surface area contributed by atoms with Crippen molar-refractivity contribution in [1.29, 1.82) is 0 Å². The first kappa shape index (κ1) is 11.6. The molecular formula is C12H17NO2S. The number of rotatable bonds is 3. The van der Waals surface area contributed by atoms with Crippen LogP contribution in [-0.4, -0.2) is 14.7 Å². The van der Waals surface area contributed by atoms with Crippen LogP contribution < -0.4 is 5.73 Å². The number of sulfone groups is 1. The van der Waals surface area contributed by atoms with Crippen LogP contribution in [0.15, 0.2) is 29.2 Å². The van der Waals surface area contributed by atoms with E-state index < -0.39 is 9.84 Å². The van der Waals surface area contributed by atoms with Gasteiger partial charge in [-0.1, -0.05) is 18.6 Å². The molecule has 2 rings (SSSR count). The zero-order valence-corrected chi connectivity index (χ0v) is 10.2. The maximum Gasteiger partial charge on any atom is 0.175 e. The Morgan fingerprint density at radius 2 is 1.81 bits per heavy atom. The van der Waals surface area contributed by atoms with Crippen molar-refractivity contribution in [3.05, 3.63) is 29.8 Å². The van der Waals surface area contributed by atoms with Crippen LogP contribution in [0.25, 0.3) is 0 Å². The zero-order valence-electron chi connectivity index (χ0n) is 9.39. The molecule has 4 heteroatoms. The molecule has 0 spiro atoms. The van der Waals surface area contributed by atoms with Gasteiger partial charge in [0.05, 0.1) is 4.90 Å². The van der Waals surface area contributed by atoms with Crippen molar-refractivity contribution in [2.75, 3.05) is 6.26 Å². The predicted octanol–water partition coefficient (Wildman–Crippen LogP) is 1.89. The minimum atomic E-state index is -3.10. The molecule has 0 saturated heterocycles. The van der Waals surface area contributed by atoms with Gasteiger partial charge in [0.1, 0.15) is 0 Å². The summed E-state index contributed by atoms with van der Waals surface area (Å²) in [6, 6.07) is 7.01. The van der Waals surface area contributed by atoms with Gasteiger partial charge in [-0.3, -0.25) is 0 Å². The van der Waals surface area contributed by atoms with Crippen LogP contribution in [0.2, 0.25) is 0 Å². The minimum Gasteiger partial charge on any atom is -0.324 e. The van der Waals surface area contributed by atoms with Gasteiger partial charge in [0, 0.05) is 12.3 Å². The van der Waals surface area contributed by atoms with E-state index in [0.29, 0.717) is 10.8 Å². The van der Waals surface area contributed by atoms with E-state index >= 15 is 0 Å². The van der Waals surface area contributed by atoms with Crippen molar-refractivity contribution in [3.63, 3.8) is 0 Å². The Hall–Kier alpha value is -0.870. The van der Waals surface area contributed by atoms with Crippen LogP contribution in [0.1, 0.15) is 30.9 Å². The smallest absolute Gasteiger partial charge is 0.175 e. The van der Waals surface area contributed by atoms with Gasteiger partial charge < -0.3 is 5.73 Å². The Morgan fingerprint density at radius 1 is 1.25 bits per heavy atom. The van der Waals surface area contributed by atoms with Crippen molar-refractivity contribution in [3.8, 4) is 0 Å². The van der Waals surface area contributed by atoms with Crippen molar-refractivity contribution in [2.45, 2.75) is 30.2 Å². The largest absolute Gasteiger partial charge is 0.324 e. The Labute approximate surface area is 96.6 Å². The van der Waals surface area contributed by atoms with Crippen LogP contribution in [-0.2, 0) is 9.84 Å². The molecule has 0 amide bonds. The lowest BCUT2D eigenvalue weighted by molar-refractivity contribution is 0.264. The number of hydrogen-bond donors (Lipinski definition) is 1. The van der Waals surface area contributed by atoms with E-state index in [4.69, 9.17) is 5.73 Å². The highest BCUT2D eigenvalue weighted by molar-refractivity contribution is 7.90. The van der Waals surface area contributed by atoms with Crippen LogP contribution in [0.3, 0.4) is 0 Å². The minimum absolute atomic E-state index is 0.0577. The van der Waals surface area contributed by atoms with Crippen molar-refractivity contribution in [2.24, 2.45) is 11.7 Å². The summed E-state index contributed by atoms with van der Waals surface area (Å²) in [5, 5.41) is 0. The van der Waals surface area contributed by atoms with Crippen LogP contribution in [0, 0.1) is 5.92 Å². The molecule has 2 N–H and O–H groups in total. The standard InChI is InChI=1S/C12H17NO2S/c1-16(14,15)11-7-5-10(6-8-11)12(13)9-3-2-4-9/h5-9,12H,2-4,13H2,1H3. The molecule has 1 atom stereocenters. The molecular weight excluding hydrogens is 222 g/mol. The van der Waals surface area contributed by atoms with Gasteiger partial charge in [-0.2, -0.15) is 0 Å². The molecule has 0 radical (unpaired) electrons. The number of benzene rings is 1.